The predicted octanol–water partition coefficient (Wildman–Crippen LogP) is 2.45. The molecular formula is C11H10BrFO. The highest BCUT2D eigenvalue weighted by Gasteiger charge is 1.99. The number of aliphatic hydroxyl groups is 1. The lowest BCUT2D eigenvalue weighted by Crippen LogP contribution is -1.88. The first kappa shape index (κ1) is 11.2. The molecule has 0 radical (unpaired) electrons. The fraction of sp³-hybridized carbons (Fsp3) is 0.273. The summed E-state index contributed by atoms with van der Waals surface area (Å²) in [6.07, 6.45) is 0.696. The van der Waals surface area contributed by atoms with Crippen molar-refractivity contribution in [3.63, 3.8) is 0 Å². The van der Waals surface area contributed by atoms with Crippen LogP contribution in [0.4, 0.5) is 4.39 Å². The van der Waals surface area contributed by atoms with Crippen LogP contribution in [0.15, 0.2) is 18.2 Å². The Kier molecular flexibility index (Phi) is 4.64. The minimum absolute atomic E-state index is 0.147. The molecule has 0 amide bonds. The summed E-state index contributed by atoms with van der Waals surface area (Å²) < 4.78 is 13.2. The van der Waals surface area contributed by atoms with Gasteiger partial charge in [0.2, 0.25) is 0 Å². The van der Waals surface area contributed by atoms with Gasteiger partial charge in [0, 0.05) is 11.8 Å². The van der Waals surface area contributed by atoms with Crippen molar-refractivity contribution in [3.05, 3.63) is 35.1 Å². The van der Waals surface area contributed by atoms with Gasteiger partial charge in [-0.2, -0.15) is 0 Å². The molecule has 0 bridgehead atoms. The van der Waals surface area contributed by atoms with Gasteiger partial charge in [0.25, 0.3) is 0 Å². The first-order chi connectivity index (χ1) is 6.77. The molecule has 1 aromatic rings. The maximum absolute atomic E-state index is 13.2. The van der Waals surface area contributed by atoms with Crippen LogP contribution < -0.4 is 0 Å². The molecule has 14 heavy (non-hydrogen) atoms. The molecule has 0 saturated heterocycles. The summed E-state index contributed by atoms with van der Waals surface area (Å²) in [6, 6.07) is 4.56. The highest BCUT2D eigenvalue weighted by molar-refractivity contribution is 9.09. The number of rotatable bonds is 2. The van der Waals surface area contributed by atoms with Gasteiger partial charge in [-0.3, -0.25) is 0 Å². The maximum Gasteiger partial charge on any atom is 0.139 e. The number of hydrogen-bond acceptors (Lipinski definition) is 1. The van der Waals surface area contributed by atoms with Crippen LogP contribution in [-0.2, 0) is 6.61 Å². The van der Waals surface area contributed by atoms with E-state index in [1.54, 1.807) is 12.1 Å². The summed E-state index contributed by atoms with van der Waals surface area (Å²) in [5.41, 5.74) is 0.941. The van der Waals surface area contributed by atoms with Gasteiger partial charge in [-0.05, 0) is 17.7 Å². The lowest BCUT2D eigenvalue weighted by atomic mass is 10.1. The van der Waals surface area contributed by atoms with Crippen molar-refractivity contribution < 1.29 is 9.50 Å². The fourth-order valence-electron chi connectivity index (χ4n) is 0.963. The second-order valence-electron chi connectivity index (χ2n) is 2.71. The minimum Gasteiger partial charge on any atom is -0.392 e. The van der Waals surface area contributed by atoms with E-state index in [0.29, 0.717) is 17.5 Å². The molecule has 1 rings (SSSR count). The van der Waals surface area contributed by atoms with Crippen LogP contribution >= 0.6 is 15.9 Å². The van der Waals surface area contributed by atoms with Gasteiger partial charge in [0.15, 0.2) is 0 Å². The normalized spacial score (nSPS) is 9.36. The van der Waals surface area contributed by atoms with Crippen LogP contribution in [0.1, 0.15) is 17.5 Å². The standard InChI is InChI=1S/C11H10BrFO/c12-6-2-1-3-10-5-4-9(8-14)7-11(10)13/h4-5,7,14H,2,6,8H2. The lowest BCUT2D eigenvalue weighted by Gasteiger charge is -1.97. The zero-order valence-electron chi connectivity index (χ0n) is 7.56. The van der Waals surface area contributed by atoms with E-state index < -0.39 is 0 Å². The first-order valence-electron chi connectivity index (χ1n) is 4.22. The van der Waals surface area contributed by atoms with Crippen molar-refractivity contribution in [1.29, 1.82) is 0 Å². The van der Waals surface area contributed by atoms with Crippen molar-refractivity contribution in [2.75, 3.05) is 5.33 Å². The van der Waals surface area contributed by atoms with Crippen molar-refractivity contribution in [2.24, 2.45) is 0 Å². The Morgan fingerprint density at radius 3 is 2.79 bits per heavy atom. The van der Waals surface area contributed by atoms with Gasteiger partial charge in [-0.1, -0.05) is 33.8 Å². The SMILES string of the molecule is OCc1ccc(C#CCCBr)c(F)c1. The van der Waals surface area contributed by atoms with Crippen LogP contribution in [0.3, 0.4) is 0 Å². The summed E-state index contributed by atoms with van der Waals surface area (Å²) in [5.74, 6) is 5.18. The van der Waals surface area contributed by atoms with Crippen molar-refractivity contribution >= 4 is 15.9 Å². The molecular weight excluding hydrogens is 247 g/mol. The molecule has 0 spiro atoms. The number of alkyl halides is 1. The quantitative estimate of drug-likeness (QED) is 0.637. The van der Waals surface area contributed by atoms with E-state index in [1.165, 1.54) is 6.07 Å². The largest absolute Gasteiger partial charge is 0.392 e. The van der Waals surface area contributed by atoms with E-state index in [4.69, 9.17) is 5.11 Å². The average molecular weight is 257 g/mol. The van der Waals surface area contributed by atoms with Gasteiger partial charge in [0.05, 0.1) is 12.2 Å². The first-order valence-corrected chi connectivity index (χ1v) is 5.34. The minimum atomic E-state index is -0.376. The Balaban J connectivity index is 2.85. The van der Waals surface area contributed by atoms with E-state index in [-0.39, 0.29) is 12.4 Å². The highest BCUT2D eigenvalue weighted by Crippen LogP contribution is 2.09. The summed E-state index contributed by atoms with van der Waals surface area (Å²) in [4.78, 5) is 0. The summed E-state index contributed by atoms with van der Waals surface area (Å²) >= 11 is 3.23. The summed E-state index contributed by atoms with van der Waals surface area (Å²) in [5, 5.41) is 9.55. The summed E-state index contributed by atoms with van der Waals surface area (Å²) in [7, 11) is 0. The molecule has 0 aliphatic carbocycles. The van der Waals surface area contributed by atoms with Crippen molar-refractivity contribution in [3.8, 4) is 11.8 Å². The fourth-order valence-corrected chi connectivity index (χ4v) is 1.16. The highest BCUT2D eigenvalue weighted by atomic mass is 79.9. The molecule has 0 aliphatic rings. The molecule has 0 saturated carbocycles. The molecule has 0 aliphatic heterocycles. The average Bonchev–Trinajstić information content (AvgIpc) is 2.20. The maximum atomic E-state index is 13.2. The van der Waals surface area contributed by atoms with E-state index in [9.17, 15) is 4.39 Å². The van der Waals surface area contributed by atoms with Crippen molar-refractivity contribution in [2.45, 2.75) is 13.0 Å². The zero-order chi connectivity index (χ0) is 10.4. The third kappa shape index (κ3) is 3.13. The van der Waals surface area contributed by atoms with Crippen LogP contribution in [-0.4, -0.2) is 10.4 Å². The lowest BCUT2D eigenvalue weighted by molar-refractivity contribution is 0.281. The Morgan fingerprint density at radius 1 is 1.43 bits per heavy atom. The smallest absolute Gasteiger partial charge is 0.139 e. The van der Waals surface area contributed by atoms with E-state index in [1.807, 2.05) is 0 Å². The topological polar surface area (TPSA) is 20.2 Å². The molecule has 1 N–H and O–H groups in total. The number of aliphatic hydroxyl groups excluding tert-OH is 1. The molecule has 0 heterocycles. The van der Waals surface area contributed by atoms with Gasteiger partial charge in [0.1, 0.15) is 5.82 Å². The van der Waals surface area contributed by atoms with E-state index in [2.05, 4.69) is 27.8 Å². The molecule has 0 unspecified atom stereocenters. The van der Waals surface area contributed by atoms with Crippen LogP contribution in [0.2, 0.25) is 0 Å². The third-order valence-corrected chi connectivity index (χ3v) is 2.06. The number of halogens is 2. The molecule has 1 aromatic carbocycles. The third-order valence-electron chi connectivity index (χ3n) is 1.66. The molecule has 0 aromatic heterocycles. The molecule has 0 fully saturated rings. The molecule has 3 heteroatoms. The van der Waals surface area contributed by atoms with Gasteiger partial charge in [-0.15, -0.1) is 0 Å². The van der Waals surface area contributed by atoms with Crippen LogP contribution in [0, 0.1) is 17.7 Å². The second-order valence-corrected chi connectivity index (χ2v) is 3.51. The number of benzene rings is 1. The van der Waals surface area contributed by atoms with E-state index >= 15 is 0 Å². The Hall–Kier alpha value is -0.850. The predicted molar refractivity (Wildman–Crippen MR) is 57.6 cm³/mol. The number of hydrogen-bond donors (Lipinski definition) is 1. The molecule has 1 nitrogen and oxygen atoms in total. The van der Waals surface area contributed by atoms with Crippen molar-refractivity contribution in [1.82, 2.24) is 0 Å². The summed E-state index contributed by atoms with van der Waals surface area (Å²) in [6.45, 7) is -0.147. The Morgan fingerprint density at radius 2 is 2.21 bits per heavy atom. The van der Waals surface area contributed by atoms with E-state index in [0.717, 1.165) is 5.33 Å². The van der Waals surface area contributed by atoms with Gasteiger partial charge >= 0.3 is 0 Å². The second kappa shape index (κ2) is 5.79. The van der Waals surface area contributed by atoms with Crippen LogP contribution in [0.5, 0.6) is 0 Å². The molecule has 74 valence electrons. The van der Waals surface area contributed by atoms with Crippen LogP contribution in [0.25, 0.3) is 0 Å². The zero-order valence-corrected chi connectivity index (χ0v) is 9.14. The Bertz CT molecular complexity index is 365. The Labute approximate surface area is 91.1 Å². The van der Waals surface area contributed by atoms with Gasteiger partial charge in [-0.25, -0.2) is 4.39 Å². The monoisotopic (exact) mass is 256 g/mol. The van der Waals surface area contributed by atoms with Gasteiger partial charge < -0.3 is 5.11 Å². The molecule has 0 atom stereocenters.